The molecule has 164 valence electrons. The highest BCUT2D eigenvalue weighted by molar-refractivity contribution is 7.89. The number of benzene rings is 1. The van der Waals surface area contributed by atoms with Crippen LogP contribution in [0.15, 0.2) is 17.0 Å². The van der Waals surface area contributed by atoms with Crippen molar-refractivity contribution in [2.75, 3.05) is 33.8 Å². The number of carbonyl (C=O) groups excluding carboxylic acids is 2. The Hall–Kier alpha value is -2.33. The molecular formula is C19H31N3O6S. The third kappa shape index (κ3) is 7.54. The molecule has 10 heteroatoms. The molecule has 0 aromatic heterocycles. The van der Waals surface area contributed by atoms with Crippen LogP contribution in [0, 0.1) is 13.8 Å². The van der Waals surface area contributed by atoms with Gasteiger partial charge in [-0.25, -0.2) is 13.2 Å². The summed E-state index contributed by atoms with van der Waals surface area (Å²) in [5.41, 5.74) is 0.466. The van der Waals surface area contributed by atoms with Crippen molar-refractivity contribution in [2.45, 2.75) is 45.1 Å². The van der Waals surface area contributed by atoms with Gasteiger partial charge in [0.05, 0.1) is 18.6 Å². The number of rotatable bonds is 8. The van der Waals surface area contributed by atoms with Gasteiger partial charge >= 0.3 is 6.09 Å². The summed E-state index contributed by atoms with van der Waals surface area (Å²) in [6, 6.07) is 3.27. The van der Waals surface area contributed by atoms with Crippen molar-refractivity contribution in [1.82, 2.24) is 14.9 Å². The highest BCUT2D eigenvalue weighted by Gasteiger charge is 2.27. The van der Waals surface area contributed by atoms with Gasteiger partial charge in [-0.15, -0.1) is 0 Å². The van der Waals surface area contributed by atoms with Gasteiger partial charge in [-0.05, 0) is 57.9 Å². The van der Waals surface area contributed by atoms with Crippen molar-refractivity contribution in [3.63, 3.8) is 0 Å². The number of nitrogens with zero attached hydrogens (tertiary/aromatic N) is 1. The van der Waals surface area contributed by atoms with Crippen molar-refractivity contribution < 1.29 is 27.5 Å². The minimum atomic E-state index is -3.86. The number of methoxy groups -OCH3 is 1. The normalized spacial score (nSPS) is 11.9. The van der Waals surface area contributed by atoms with Crippen LogP contribution in [-0.2, 0) is 19.6 Å². The van der Waals surface area contributed by atoms with Gasteiger partial charge in [-0.1, -0.05) is 0 Å². The summed E-state index contributed by atoms with van der Waals surface area (Å²) in [5, 5.41) is 5.08. The molecule has 9 nitrogen and oxygen atoms in total. The van der Waals surface area contributed by atoms with E-state index in [0.717, 1.165) is 4.31 Å². The summed E-state index contributed by atoms with van der Waals surface area (Å²) in [7, 11) is -1.00. The fourth-order valence-electron chi connectivity index (χ4n) is 2.61. The number of alkyl carbamates (subject to hydrolysis) is 1. The van der Waals surface area contributed by atoms with Crippen LogP contribution in [0.25, 0.3) is 0 Å². The lowest BCUT2D eigenvalue weighted by Gasteiger charge is -2.21. The Balaban J connectivity index is 2.63. The predicted molar refractivity (Wildman–Crippen MR) is 110 cm³/mol. The molecule has 0 atom stereocenters. The molecule has 1 rings (SSSR count). The van der Waals surface area contributed by atoms with Crippen LogP contribution in [0.5, 0.6) is 5.75 Å². The fraction of sp³-hybridized carbons (Fsp3) is 0.579. The van der Waals surface area contributed by atoms with Crippen LogP contribution in [0.1, 0.15) is 31.9 Å². The summed E-state index contributed by atoms with van der Waals surface area (Å²) in [6.07, 6.45) is -0.586. The lowest BCUT2D eigenvalue weighted by Crippen LogP contribution is -2.42. The van der Waals surface area contributed by atoms with Crippen molar-refractivity contribution >= 4 is 22.0 Å². The van der Waals surface area contributed by atoms with E-state index in [9.17, 15) is 18.0 Å². The van der Waals surface area contributed by atoms with Crippen LogP contribution in [0.4, 0.5) is 4.79 Å². The minimum Gasteiger partial charge on any atom is -0.497 e. The second-order valence-corrected chi connectivity index (χ2v) is 9.61. The lowest BCUT2D eigenvalue weighted by molar-refractivity contribution is -0.121. The number of aryl methyl sites for hydroxylation is 2. The number of amides is 2. The number of nitrogens with one attached hydrogen (secondary N) is 2. The van der Waals surface area contributed by atoms with Gasteiger partial charge in [0.2, 0.25) is 15.9 Å². The Bertz CT molecular complexity index is 823. The average Bonchev–Trinajstić information content (AvgIpc) is 2.56. The topological polar surface area (TPSA) is 114 Å². The molecule has 2 N–H and O–H groups in total. The smallest absolute Gasteiger partial charge is 0.407 e. The Morgan fingerprint density at radius 2 is 1.59 bits per heavy atom. The SMILES string of the molecule is COc1cc(C)c(S(=O)(=O)N(C)CC(=O)NCCNC(=O)OC(C)(C)C)c(C)c1. The van der Waals surface area contributed by atoms with Gasteiger partial charge < -0.3 is 20.1 Å². The van der Waals surface area contributed by atoms with E-state index in [2.05, 4.69) is 10.6 Å². The first-order chi connectivity index (χ1) is 13.3. The molecule has 0 saturated heterocycles. The van der Waals surface area contributed by atoms with E-state index < -0.39 is 27.6 Å². The number of carbonyl (C=O) groups is 2. The molecule has 0 fully saturated rings. The Morgan fingerprint density at radius 1 is 1.07 bits per heavy atom. The molecule has 0 bridgehead atoms. The van der Waals surface area contributed by atoms with Gasteiger partial charge in [0.15, 0.2) is 0 Å². The summed E-state index contributed by atoms with van der Waals surface area (Å²) in [5.74, 6) is 0.0858. The van der Waals surface area contributed by atoms with E-state index in [4.69, 9.17) is 9.47 Å². The minimum absolute atomic E-state index is 0.145. The first kappa shape index (κ1) is 24.7. The van der Waals surface area contributed by atoms with Crippen LogP contribution < -0.4 is 15.4 Å². The third-order valence-corrected chi connectivity index (χ3v) is 5.93. The molecule has 1 aromatic carbocycles. The second kappa shape index (κ2) is 9.93. The quantitative estimate of drug-likeness (QED) is 0.607. The zero-order chi connectivity index (χ0) is 22.4. The predicted octanol–water partition coefficient (Wildman–Crippen LogP) is 1.57. The monoisotopic (exact) mass is 429 g/mol. The molecule has 0 spiro atoms. The van der Waals surface area contributed by atoms with Crippen molar-refractivity contribution in [3.05, 3.63) is 23.3 Å². The van der Waals surface area contributed by atoms with E-state index in [1.54, 1.807) is 46.8 Å². The second-order valence-electron chi connectivity index (χ2n) is 7.63. The van der Waals surface area contributed by atoms with E-state index in [0.29, 0.717) is 16.9 Å². The van der Waals surface area contributed by atoms with Crippen LogP contribution in [-0.4, -0.2) is 64.1 Å². The Labute approximate surface area is 172 Å². The maximum Gasteiger partial charge on any atom is 0.407 e. The number of hydrogen-bond acceptors (Lipinski definition) is 6. The van der Waals surface area contributed by atoms with Crippen molar-refractivity contribution in [3.8, 4) is 5.75 Å². The van der Waals surface area contributed by atoms with Crippen LogP contribution in [0.2, 0.25) is 0 Å². The maximum atomic E-state index is 12.9. The zero-order valence-corrected chi connectivity index (χ0v) is 18.9. The van der Waals surface area contributed by atoms with Gasteiger partial charge in [-0.3, -0.25) is 4.79 Å². The largest absolute Gasteiger partial charge is 0.497 e. The first-order valence-electron chi connectivity index (χ1n) is 9.13. The van der Waals surface area contributed by atoms with Gasteiger partial charge in [0.1, 0.15) is 11.4 Å². The molecule has 0 aliphatic rings. The Kier molecular flexibility index (Phi) is 8.46. The molecule has 0 heterocycles. The molecular weight excluding hydrogens is 398 g/mol. The first-order valence-corrected chi connectivity index (χ1v) is 10.6. The molecule has 0 aliphatic carbocycles. The number of hydrogen-bond donors (Lipinski definition) is 2. The summed E-state index contributed by atoms with van der Waals surface area (Å²) in [6.45, 7) is 8.56. The molecule has 1 aromatic rings. The molecule has 0 saturated carbocycles. The highest BCUT2D eigenvalue weighted by atomic mass is 32.2. The number of ether oxygens (including phenoxy) is 2. The summed E-state index contributed by atoms with van der Waals surface area (Å²) in [4.78, 5) is 23.8. The van der Waals surface area contributed by atoms with Crippen molar-refractivity contribution in [2.24, 2.45) is 0 Å². The van der Waals surface area contributed by atoms with Crippen LogP contribution >= 0.6 is 0 Å². The van der Waals surface area contributed by atoms with Gasteiger partial charge in [0.25, 0.3) is 0 Å². The van der Waals surface area contributed by atoms with Crippen LogP contribution in [0.3, 0.4) is 0 Å². The maximum absolute atomic E-state index is 12.9. The van der Waals surface area contributed by atoms with Gasteiger partial charge in [-0.2, -0.15) is 4.31 Å². The zero-order valence-electron chi connectivity index (χ0n) is 18.1. The number of sulfonamides is 1. The van der Waals surface area contributed by atoms with E-state index in [-0.39, 0.29) is 24.5 Å². The van der Waals surface area contributed by atoms with E-state index in [1.165, 1.54) is 14.2 Å². The summed E-state index contributed by atoms with van der Waals surface area (Å²) >= 11 is 0. The molecule has 29 heavy (non-hydrogen) atoms. The number of likely N-dealkylation sites (N-methyl/N-ethyl adjacent to an activating group) is 1. The van der Waals surface area contributed by atoms with E-state index in [1.807, 2.05) is 0 Å². The molecule has 2 amide bonds. The lowest BCUT2D eigenvalue weighted by atomic mass is 10.1. The molecule has 0 aliphatic heterocycles. The molecule has 0 radical (unpaired) electrons. The van der Waals surface area contributed by atoms with Gasteiger partial charge in [0, 0.05) is 20.1 Å². The average molecular weight is 430 g/mol. The highest BCUT2D eigenvalue weighted by Crippen LogP contribution is 2.27. The molecule has 0 unspecified atom stereocenters. The van der Waals surface area contributed by atoms with E-state index >= 15 is 0 Å². The third-order valence-electron chi connectivity index (χ3n) is 3.82. The standard InChI is InChI=1S/C19H31N3O6S/c1-13-10-15(27-7)11-14(2)17(13)29(25,26)22(6)12-16(23)20-8-9-21-18(24)28-19(3,4)5/h10-11H,8-9,12H2,1-7H3,(H,20,23)(H,21,24). The fourth-order valence-corrected chi connectivity index (χ4v) is 4.15. The Morgan fingerprint density at radius 3 is 2.07 bits per heavy atom. The summed E-state index contributed by atoms with van der Waals surface area (Å²) < 4.78 is 37.0. The van der Waals surface area contributed by atoms with Crippen molar-refractivity contribution in [1.29, 1.82) is 0 Å².